The first-order chi connectivity index (χ1) is 12.1. The lowest BCUT2D eigenvalue weighted by molar-refractivity contribution is -0.146. The van der Waals surface area contributed by atoms with Gasteiger partial charge in [0.25, 0.3) is 0 Å². The molecule has 1 aliphatic rings. The van der Waals surface area contributed by atoms with Crippen LogP contribution in [0.5, 0.6) is 0 Å². The van der Waals surface area contributed by atoms with E-state index in [1.807, 2.05) is 54.3 Å². The zero-order chi connectivity index (χ0) is 17.8. The fraction of sp³-hybridized carbons (Fsp3) is 0.421. The van der Waals surface area contributed by atoms with Crippen molar-refractivity contribution >= 4 is 11.8 Å². The second-order valence-electron chi connectivity index (χ2n) is 6.53. The van der Waals surface area contributed by atoms with E-state index in [0.29, 0.717) is 25.9 Å². The molecule has 2 amide bonds. The molecule has 0 bridgehead atoms. The molecule has 0 aliphatic carbocycles. The van der Waals surface area contributed by atoms with Gasteiger partial charge in [0.1, 0.15) is 0 Å². The van der Waals surface area contributed by atoms with Gasteiger partial charge >= 0.3 is 0 Å². The van der Waals surface area contributed by atoms with Crippen LogP contribution in [0.15, 0.2) is 48.8 Å². The minimum absolute atomic E-state index is 0.0837. The van der Waals surface area contributed by atoms with Gasteiger partial charge in [-0.1, -0.05) is 30.3 Å². The maximum Gasteiger partial charge on any atom is 0.227 e. The Bertz CT molecular complexity index is 714. The Morgan fingerprint density at radius 3 is 2.72 bits per heavy atom. The first kappa shape index (κ1) is 17.2. The summed E-state index contributed by atoms with van der Waals surface area (Å²) in [6, 6.07) is 11.5. The Balaban J connectivity index is 1.75. The highest BCUT2D eigenvalue weighted by atomic mass is 16.2. The summed E-state index contributed by atoms with van der Waals surface area (Å²) < 4.78 is 1.81. The van der Waals surface area contributed by atoms with Crippen LogP contribution in [0.4, 0.5) is 0 Å². The van der Waals surface area contributed by atoms with Gasteiger partial charge in [0.15, 0.2) is 0 Å². The molecule has 25 heavy (non-hydrogen) atoms. The molecule has 132 valence electrons. The van der Waals surface area contributed by atoms with Gasteiger partial charge in [-0.3, -0.25) is 14.3 Å². The van der Waals surface area contributed by atoms with Gasteiger partial charge in [-0.25, -0.2) is 0 Å². The lowest BCUT2D eigenvalue weighted by atomic mass is 9.83. The highest BCUT2D eigenvalue weighted by Gasteiger charge is 2.39. The Kier molecular flexibility index (Phi) is 5.16. The van der Waals surface area contributed by atoms with Gasteiger partial charge in [-0.2, -0.15) is 5.10 Å². The summed E-state index contributed by atoms with van der Waals surface area (Å²) in [6.07, 6.45) is 4.63. The number of hydrogen-bond donors (Lipinski definition) is 0. The molecule has 1 saturated heterocycles. The van der Waals surface area contributed by atoms with Crippen LogP contribution in [0.1, 0.15) is 24.4 Å². The smallest absolute Gasteiger partial charge is 0.227 e. The van der Waals surface area contributed by atoms with Crippen molar-refractivity contribution in [3.8, 4) is 0 Å². The van der Waals surface area contributed by atoms with E-state index in [2.05, 4.69) is 5.10 Å². The number of likely N-dealkylation sites (tertiary alicyclic amines) is 1. The first-order valence-electron chi connectivity index (χ1n) is 8.61. The van der Waals surface area contributed by atoms with Crippen LogP contribution in [0.3, 0.4) is 0 Å². The average molecular weight is 340 g/mol. The van der Waals surface area contributed by atoms with Crippen LogP contribution in [0.25, 0.3) is 0 Å². The second kappa shape index (κ2) is 7.51. The number of hydrogen-bond acceptors (Lipinski definition) is 3. The van der Waals surface area contributed by atoms with Crippen LogP contribution in [-0.4, -0.2) is 52.0 Å². The van der Waals surface area contributed by atoms with Crippen LogP contribution in [0, 0.1) is 5.92 Å². The quantitative estimate of drug-likeness (QED) is 0.836. The molecule has 0 N–H and O–H groups in total. The van der Waals surface area contributed by atoms with E-state index >= 15 is 0 Å². The normalized spacial score (nSPS) is 20.6. The molecule has 0 spiro atoms. The number of benzene rings is 1. The van der Waals surface area contributed by atoms with Crippen LogP contribution >= 0.6 is 0 Å². The molecule has 6 nitrogen and oxygen atoms in total. The fourth-order valence-electron chi connectivity index (χ4n) is 3.48. The van der Waals surface area contributed by atoms with Crippen LogP contribution in [0.2, 0.25) is 0 Å². The molecule has 6 heteroatoms. The molecule has 1 aromatic carbocycles. The molecular formula is C19H24N4O2. The lowest BCUT2D eigenvalue weighted by Gasteiger charge is -2.40. The molecule has 1 aromatic heterocycles. The standard InChI is InChI=1S/C19H24N4O2/c1-21(13-14-23-12-6-11-20-23)19(25)16-9-10-17(24)22(2)18(16)15-7-4-3-5-8-15/h3-8,11-12,16,18H,9-10,13-14H2,1-2H3/t16-,18-/m1/s1. The summed E-state index contributed by atoms with van der Waals surface area (Å²) in [7, 11) is 3.62. The molecule has 0 radical (unpaired) electrons. The molecule has 0 unspecified atom stereocenters. The van der Waals surface area contributed by atoms with Crippen molar-refractivity contribution in [2.45, 2.75) is 25.4 Å². The summed E-state index contributed by atoms with van der Waals surface area (Å²) in [5.74, 6) is -0.0369. The first-order valence-corrected chi connectivity index (χ1v) is 8.61. The van der Waals surface area contributed by atoms with E-state index in [0.717, 1.165) is 5.56 Å². The molecule has 1 fully saturated rings. The molecule has 3 rings (SSSR count). The maximum atomic E-state index is 13.1. The number of rotatable bonds is 5. The fourth-order valence-corrected chi connectivity index (χ4v) is 3.48. The third-order valence-corrected chi connectivity index (χ3v) is 4.92. The number of piperidine rings is 1. The van der Waals surface area contributed by atoms with E-state index in [1.165, 1.54) is 0 Å². The van der Waals surface area contributed by atoms with Crippen LogP contribution in [-0.2, 0) is 16.1 Å². The minimum Gasteiger partial charge on any atom is -0.344 e. The van der Waals surface area contributed by atoms with Crippen molar-refractivity contribution in [3.05, 3.63) is 54.4 Å². The number of carbonyl (C=O) groups is 2. The molecule has 1 aliphatic heterocycles. The van der Waals surface area contributed by atoms with E-state index in [-0.39, 0.29) is 23.8 Å². The SMILES string of the molecule is CN(CCn1cccn1)C(=O)[C@@H]1CCC(=O)N(C)[C@@H]1c1ccccc1. The molecule has 2 atom stereocenters. The van der Waals surface area contributed by atoms with Crippen molar-refractivity contribution in [1.82, 2.24) is 19.6 Å². The van der Waals surface area contributed by atoms with E-state index in [1.54, 1.807) is 23.0 Å². The maximum absolute atomic E-state index is 13.1. The molecule has 0 saturated carbocycles. The van der Waals surface area contributed by atoms with Crippen molar-refractivity contribution in [3.63, 3.8) is 0 Å². The minimum atomic E-state index is -0.215. The molecular weight excluding hydrogens is 316 g/mol. The highest BCUT2D eigenvalue weighted by Crippen LogP contribution is 2.36. The monoisotopic (exact) mass is 340 g/mol. The van der Waals surface area contributed by atoms with Crippen molar-refractivity contribution in [1.29, 1.82) is 0 Å². The summed E-state index contributed by atoms with van der Waals surface area (Å²) in [4.78, 5) is 28.7. The Morgan fingerprint density at radius 2 is 2.04 bits per heavy atom. The van der Waals surface area contributed by atoms with Crippen molar-refractivity contribution in [2.24, 2.45) is 5.92 Å². The number of likely N-dealkylation sites (N-methyl/N-ethyl adjacent to an activating group) is 1. The number of amides is 2. The van der Waals surface area contributed by atoms with Gasteiger partial charge < -0.3 is 9.80 Å². The number of carbonyl (C=O) groups excluding carboxylic acids is 2. The topological polar surface area (TPSA) is 58.4 Å². The summed E-state index contributed by atoms with van der Waals surface area (Å²) in [5.41, 5.74) is 1.01. The van der Waals surface area contributed by atoms with Crippen molar-refractivity contribution in [2.75, 3.05) is 20.6 Å². The molecule has 2 aromatic rings. The Morgan fingerprint density at radius 1 is 1.28 bits per heavy atom. The van der Waals surface area contributed by atoms with E-state index < -0.39 is 0 Å². The van der Waals surface area contributed by atoms with Crippen molar-refractivity contribution < 1.29 is 9.59 Å². The number of aromatic nitrogens is 2. The Labute approximate surface area is 148 Å². The summed E-state index contributed by atoms with van der Waals surface area (Å²) in [5, 5.41) is 4.17. The predicted octanol–water partition coefficient (Wildman–Crippen LogP) is 1.95. The highest BCUT2D eigenvalue weighted by molar-refractivity contribution is 5.84. The average Bonchev–Trinajstić information content (AvgIpc) is 3.15. The third kappa shape index (κ3) is 3.73. The number of nitrogens with zero attached hydrogens (tertiary/aromatic N) is 4. The van der Waals surface area contributed by atoms with Gasteiger partial charge in [0.05, 0.1) is 18.5 Å². The Hall–Kier alpha value is -2.63. The second-order valence-corrected chi connectivity index (χ2v) is 6.53. The zero-order valence-corrected chi connectivity index (χ0v) is 14.7. The summed E-state index contributed by atoms with van der Waals surface area (Å²) in [6.45, 7) is 1.25. The largest absolute Gasteiger partial charge is 0.344 e. The van der Waals surface area contributed by atoms with Gasteiger partial charge in [0, 0.05) is 39.5 Å². The molecule has 2 heterocycles. The van der Waals surface area contributed by atoms with Gasteiger partial charge in [-0.05, 0) is 18.1 Å². The van der Waals surface area contributed by atoms with E-state index in [9.17, 15) is 9.59 Å². The lowest BCUT2D eigenvalue weighted by Crippen LogP contribution is -2.47. The van der Waals surface area contributed by atoms with E-state index in [4.69, 9.17) is 0 Å². The predicted molar refractivity (Wildman–Crippen MR) is 94.5 cm³/mol. The van der Waals surface area contributed by atoms with Crippen LogP contribution < -0.4 is 0 Å². The summed E-state index contributed by atoms with van der Waals surface area (Å²) >= 11 is 0. The zero-order valence-electron chi connectivity index (χ0n) is 14.7. The van der Waals surface area contributed by atoms with Gasteiger partial charge in [-0.15, -0.1) is 0 Å². The third-order valence-electron chi connectivity index (χ3n) is 4.92. The van der Waals surface area contributed by atoms with Gasteiger partial charge in [0.2, 0.25) is 11.8 Å².